The zero-order chi connectivity index (χ0) is 8.28. The zero-order valence-electron chi connectivity index (χ0n) is 5.86. The summed E-state index contributed by atoms with van der Waals surface area (Å²) in [4.78, 5) is 0. The Labute approximate surface area is 62.2 Å². The van der Waals surface area contributed by atoms with E-state index in [1.807, 2.05) is 0 Å². The van der Waals surface area contributed by atoms with Crippen molar-refractivity contribution in [2.75, 3.05) is 6.61 Å². The Balaban J connectivity index is 2.10. The van der Waals surface area contributed by atoms with Gasteiger partial charge in [-0.05, 0) is 18.8 Å². The van der Waals surface area contributed by atoms with Gasteiger partial charge in [0.15, 0.2) is 0 Å². The third-order valence-corrected chi connectivity index (χ3v) is 3.14. The molecule has 3 rings (SSSR count). The molecule has 2 bridgehead atoms. The monoisotopic (exact) mass is 166 g/mol. The molecule has 64 valence electrons. The summed E-state index contributed by atoms with van der Waals surface area (Å²) in [5, 5.41) is 8.72. The van der Waals surface area contributed by atoms with Crippen LogP contribution in [0.3, 0.4) is 0 Å². The fourth-order valence-corrected chi connectivity index (χ4v) is 2.50. The molecule has 0 aliphatic heterocycles. The van der Waals surface area contributed by atoms with Crippen molar-refractivity contribution in [2.24, 2.45) is 17.3 Å². The quantitative estimate of drug-likeness (QED) is 0.626. The van der Waals surface area contributed by atoms with Crippen LogP contribution in [0.4, 0.5) is 13.2 Å². The van der Waals surface area contributed by atoms with Crippen LogP contribution in [-0.2, 0) is 0 Å². The van der Waals surface area contributed by atoms with E-state index in [0.29, 0.717) is 12.8 Å². The van der Waals surface area contributed by atoms with Crippen LogP contribution in [-0.4, -0.2) is 17.9 Å². The highest BCUT2D eigenvalue weighted by Crippen LogP contribution is 2.72. The second kappa shape index (κ2) is 1.73. The molecule has 0 aromatic rings. The molecule has 0 heterocycles. The van der Waals surface area contributed by atoms with Gasteiger partial charge in [0, 0.05) is 12.0 Å². The Morgan fingerprint density at radius 2 is 1.91 bits per heavy atom. The summed E-state index contributed by atoms with van der Waals surface area (Å²) in [6.45, 7) is -0.298. The minimum absolute atomic E-state index is 0.179. The first-order valence-electron chi connectivity index (χ1n) is 3.67. The first-order valence-corrected chi connectivity index (χ1v) is 3.67. The van der Waals surface area contributed by atoms with Gasteiger partial charge in [-0.15, -0.1) is 0 Å². The lowest BCUT2D eigenvalue weighted by Crippen LogP contribution is -2.68. The van der Waals surface area contributed by atoms with Crippen LogP contribution in [0.1, 0.15) is 12.8 Å². The van der Waals surface area contributed by atoms with Gasteiger partial charge in [0.25, 0.3) is 0 Å². The summed E-state index contributed by atoms with van der Waals surface area (Å²) in [5.41, 5.74) is -0.761. The standard InChI is InChI=1S/C7H9F3O/c8-7(9,10)5-4-1-6(5,2-4)3-11/h4-5,11H,1-3H2. The maximum atomic E-state index is 12.1. The van der Waals surface area contributed by atoms with Gasteiger partial charge < -0.3 is 5.11 Å². The molecule has 1 nitrogen and oxygen atoms in total. The molecule has 1 atom stereocenters. The van der Waals surface area contributed by atoms with Crippen LogP contribution in [0.15, 0.2) is 0 Å². The van der Waals surface area contributed by atoms with E-state index in [9.17, 15) is 13.2 Å². The second-order valence-electron chi connectivity index (χ2n) is 3.71. The number of hydrogen-bond acceptors (Lipinski definition) is 1. The number of aliphatic hydroxyl groups is 1. The molecule has 0 aromatic heterocycles. The highest BCUT2D eigenvalue weighted by Gasteiger charge is 2.73. The number of hydrogen-bond donors (Lipinski definition) is 1. The van der Waals surface area contributed by atoms with Gasteiger partial charge >= 0.3 is 6.18 Å². The van der Waals surface area contributed by atoms with E-state index in [0.717, 1.165) is 0 Å². The van der Waals surface area contributed by atoms with Crippen molar-refractivity contribution in [3.63, 3.8) is 0 Å². The molecule has 3 aliphatic rings. The molecule has 11 heavy (non-hydrogen) atoms. The maximum Gasteiger partial charge on any atom is 0.392 e. The third-order valence-electron chi connectivity index (χ3n) is 3.14. The summed E-state index contributed by atoms with van der Waals surface area (Å²) in [7, 11) is 0. The molecule has 3 saturated carbocycles. The molecule has 1 unspecified atom stereocenters. The van der Waals surface area contributed by atoms with E-state index < -0.39 is 17.5 Å². The average Bonchev–Trinajstić information content (AvgIpc) is 1.52. The minimum Gasteiger partial charge on any atom is -0.396 e. The van der Waals surface area contributed by atoms with Crippen LogP contribution in [0.25, 0.3) is 0 Å². The van der Waals surface area contributed by atoms with Crippen molar-refractivity contribution in [3.05, 3.63) is 0 Å². The predicted octanol–water partition coefficient (Wildman–Crippen LogP) is 1.57. The fraction of sp³-hybridized carbons (Fsp3) is 1.00. The number of aliphatic hydroxyl groups excluding tert-OH is 1. The topological polar surface area (TPSA) is 20.2 Å². The summed E-state index contributed by atoms with van der Waals surface area (Å²) in [6.07, 6.45) is -2.93. The lowest BCUT2D eigenvalue weighted by atomic mass is 9.37. The van der Waals surface area contributed by atoms with Crippen LogP contribution in [0, 0.1) is 17.3 Å². The van der Waals surface area contributed by atoms with E-state index >= 15 is 0 Å². The zero-order valence-corrected chi connectivity index (χ0v) is 5.86. The maximum absolute atomic E-state index is 12.1. The van der Waals surface area contributed by atoms with Crippen molar-refractivity contribution >= 4 is 0 Å². The van der Waals surface area contributed by atoms with Crippen molar-refractivity contribution in [1.82, 2.24) is 0 Å². The summed E-state index contributed by atoms with van der Waals surface area (Å²) >= 11 is 0. The molecule has 3 fully saturated rings. The average molecular weight is 166 g/mol. The molecular weight excluding hydrogens is 157 g/mol. The number of alkyl halides is 3. The van der Waals surface area contributed by atoms with Gasteiger partial charge in [-0.3, -0.25) is 0 Å². The van der Waals surface area contributed by atoms with Gasteiger partial charge in [0.05, 0.1) is 5.92 Å². The van der Waals surface area contributed by atoms with Crippen molar-refractivity contribution in [2.45, 2.75) is 19.0 Å². The summed E-state index contributed by atoms with van der Waals surface area (Å²) in [6, 6.07) is 0. The Bertz CT molecular complexity index is 175. The Kier molecular flexibility index (Phi) is 1.17. The van der Waals surface area contributed by atoms with Crippen LogP contribution >= 0.6 is 0 Å². The molecule has 0 spiro atoms. The van der Waals surface area contributed by atoms with Crippen LogP contribution in [0.2, 0.25) is 0 Å². The molecule has 3 aliphatic carbocycles. The molecule has 1 N–H and O–H groups in total. The molecular formula is C7H9F3O. The van der Waals surface area contributed by atoms with Crippen molar-refractivity contribution < 1.29 is 18.3 Å². The molecule has 0 aromatic carbocycles. The SMILES string of the molecule is OCC12CC(C1)C2C(F)(F)F. The van der Waals surface area contributed by atoms with E-state index in [-0.39, 0.29) is 12.5 Å². The van der Waals surface area contributed by atoms with Gasteiger partial charge in [0.2, 0.25) is 0 Å². The summed E-state index contributed by atoms with van der Waals surface area (Å²) < 4.78 is 36.3. The molecule has 0 saturated heterocycles. The number of rotatable bonds is 1. The predicted molar refractivity (Wildman–Crippen MR) is 31.8 cm³/mol. The van der Waals surface area contributed by atoms with E-state index in [1.54, 1.807) is 0 Å². The van der Waals surface area contributed by atoms with Gasteiger partial charge in [0.1, 0.15) is 0 Å². The highest BCUT2D eigenvalue weighted by atomic mass is 19.4. The van der Waals surface area contributed by atoms with E-state index in [2.05, 4.69) is 0 Å². The smallest absolute Gasteiger partial charge is 0.392 e. The molecule has 0 amide bonds. The third kappa shape index (κ3) is 0.708. The Morgan fingerprint density at radius 1 is 1.36 bits per heavy atom. The first-order chi connectivity index (χ1) is 4.99. The van der Waals surface area contributed by atoms with Crippen LogP contribution in [0.5, 0.6) is 0 Å². The number of halogens is 3. The van der Waals surface area contributed by atoms with Crippen LogP contribution < -0.4 is 0 Å². The van der Waals surface area contributed by atoms with E-state index in [4.69, 9.17) is 5.11 Å². The molecule has 0 radical (unpaired) electrons. The molecule has 4 heteroatoms. The largest absolute Gasteiger partial charge is 0.396 e. The van der Waals surface area contributed by atoms with Crippen molar-refractivity contribution in [1.29, 1.82) is 0 Å². The fourth-order valence-electron chi connectivity index (χ4n) is 2.50. The summed E-state index contributed by atoms with van der Waals surface area (Å²) in [5.74, 6) is -1.37. The Hall–Kier alpha value is -0.250. The van der Waals surface area contributed by atoms with Crippen molar-refractivity contribution in [3.8, 4) is 0 Å². The lowest BCUT2D eigenvalue weighted by molar-refractivity contribution is -0.340. The van der Waals surface area contributed by atoms with E-state index in [1.165, 1.54) is 0 Å². The second-order valence-corrected chi connectivity index (χ2v) is 3.71. The first kappa shape index (κ1) is 7.40. The Morgan fingerprint density at radius 3 is 2.00 bits per heavy atom. The van der Waals surface area contributed by atoms with Gasteiger partial charge in [-0.25, -0.2) is 0 Å². The minimum atomic E-state index is -4.08. The lowest BCUT2D eigenvalue weighted by Gasteiger charge is -2.67. The normalized spacial score (nSPS) is 48.0. The van der Waals surface area contributed by atoms with Gasteiger partial charge in [-0.1, -0.05) is 0 Å². The highest BCUT2D eigenvalue weighted by molar-refractivity contribution is 5.15. The van der Waals surface area contributed by atoms with Gasteiger partial charge in [-0.2, -0.15) is 13.2 Å².